The van der Waals surface area contributed by atoms with E-state index in [1.165, 1.54) is 36.8 Å². The van der Waals surface area contributed by atoms with Gasteiger partial charge in [0, 0.05) is 36.1 Å². The van der Waals surface area contributed by atoms with E-state index in [2.05, 4.69) is 53.5 Å². The van der Waals surface area contributed by atoms with Gasteiger partial charge in [0.25, 0.3) is 5.91 Å². The Hall–Kier alpha value is -3.41. The molecule has 2 aromatic heterocycles. The van der Waals surface area contributed by atoms with E-state index in [0.29, 0.717) is 29.8 Å². The van der Waals surface area contributed by atoms with Crippen molar-refractivity contribution in [3.05, 3.63) is 71.8 Å². The number of pyridine rings is 1. The summed E-state index contributed by atoms with van der Waals surface area (Å²) in [4.78, 5) is 22.7. The van der Waals surface area contributed by atoms with Crippen LogP contribution in [0, 0.1) is 11.8 Å². The summed E-state index contributed by atoms with van der Waals surface area (Å²) in [5.74, 6) is 1.23. The number of fused-ring (bicyclic) bond motifs is 1. The molecule has 6 nitrogen and oxygen atoms in total. The van der Waals surface area contributed by atoms with Gasteiger partial charge in [-0.2, -0.15) is 0 Å². The number of carbonyl (C=O) groups is 1. The first kappa shape index (κ1) is 23.3. The number of nitrogens with one attached hydrogen (secondary N) is 1. The van der Waals surface area contributed by atoms with Crippen LogP contribution >= 0.6 is 0 Å². The van der Waals surface area contributed by atoms with Crippen molar-refractivity contribution in [1.29, 1.82) is 0 Å². The van der Waals surface area contributed by atoms with Crippen molar-refractivity contribution >= 4 is 17.3 Å². The summed E-state index contributed by atoms with van der Waals surface area (Å²) in [5.41, 5.74) is 6.67. The predicted molar refractivity (Wildman–Crippen MR) is 138 cm³/mol. The Labute approximate surface area is 207 Å². The molecule has 0 spiro atoms. The fourth-order valence-corrected chi connectivity index (χ4v) is 5.31. The van der Waals surface area contributed by atoms with Crippen molar-refractivity contribution in [2.75, 3.05) is 11.9 Å². The number of nitrogens with zero attached hydrogens (tertiary/aromatic N) is 4. The lowest BCUT2D eigenvalue weighted by molar-refractivity contribution is -0.730. The molecule has 180 valence electrons. The molecular weight excluding hydrogens is 434 g/mol. The molecule has 0 saturated heterocycles. The molecule has 2 aliphatic rings. The quantitative estimate of drug-likeness (QED) is 0.543. The van der Waals surface area contributed by atoms with E-state index < -0.39 is 0 Å². The number of carbonyl (C=O) groups excluding carboxylic acids is 1. The van der Waals surface area contributed by atoms with Crippen molar-refractivity contribution in [2.45, 2.75) is 51.9 Å². The monoisotopic (exact) mass is 468 g/mol. The number of benzene rings is 1. The van der Waals surface area contributed by atoms with Gasteiger partial charge in [0.1, 0.15) is 11.9 Å². The van der Waals surface area contributed by atoms with Gasteiger partial charge in [-0.15, -0.1) is 0 Å². The Bertz CT molecular complexity index is 1240. The van der Waals surface area contributed by atoms with Crippen molar-refractivity contribution in [3.8, 4) is 11.1 Å². The Kier molecular flexibility index (Phi) is 6.71. The molecule has 1 N–H and O–H groups in total. The Morgan fingerprint density at radius 1 is 1.06 bits per heavy atom. The van der Waals surface area contributed by atoms with Crippen LogP contribution < -0.4 is 10.00 Å². The lowest BCUT2D eigenvalue weighted by Gasteiger charge is -2.19. The third kappa shape index (κ3) is 5.16. The molecule has 2 unspecified atom stereocenters. The maximum absolute atomic E-state index is 13.4. The average Bonchev–Trinajstić information content (AvgIpc) is 3.34. The van der Waals surface area contributed by atoms with Crippen LogP contribution in [0.3, 0.4) is 0 Å². The van der Waals surface area contributed by atoms with Crippen LogP contribution in [0.2, 0.25) is 0 Å². The van der Waals surface area contributed by atoms with E-state index in [9.17, 15) is 4.79 Å². The summed E-state index contributed by atoms with van der Waals surface area (Å²) >= 11 is 0. The van der Waals surface area contributed by atoms with Gasteiger partial charge in [-0.25, -0.2) is 0 Å². The summed E-state index contributed by atoms with van der Waals surface area (Å²) < 4.78 is 1.69. The number of hydrogen-bond acceptors (Lipinski definition) is 4. The molecule has 2 atom stereocenters. The van der Waals surface area contributed by atoms with E-state index in [1.54, 1.807) is 10.9 Å². The molecule has 1 aromatic carbocycles. The van der Waals surface area contributed by atoms with Gasteiger partial charge < -0.3 is 5.32 Å². The van der Waals surface area contributed by atoms with E-state index in [0.717, 1.165) is 29.0 Å². The first-order valence-electron chi connectivity index (χ1n) is 12.7. The van der Waals surface area contributed by atoms with E-state index in [4.69, 9.17) is 4.99 Å². The zero-order valence-corrected chi connectivity index (χ0v) is 20.9. The second-order valence-electron chi connectivity index (χ2n) is 10.2. The van der Waals surface area contributed by atoms with E-state index >= 15 is 0 Å². The van der Waals surface area contributed by atoms with Gasteiger partial charge >= 0.3 is 0 Å². The van der Waals surface area contributed by atoms with Gasteiger partial charge in [0.05, 0.1) is 5.69 Å². The fourth-order valence-electron chi connectivity index (χ4n) is 5.31. The Balaban J connectivity index is 1.48. The van der Waals surface area contributed by atoms with E-state index in [1.807, 2.05) is 31.7 Å². The van der Waals surface area contributed by atoms with Crippen molar-refractivity contribution in [1.82, 2.24) is 10.1 Å². The minimum Gasteiger partial charge on any atom is -0.319 e. The fraction of sp³-hybridized carbons (Fsp3) is 0.414. The summed E-state index contributed by atoms with van der Waals surface area (Å²) in [5, 5.41) is 7.21. The molecule has 0 radical (unpaired) electrons. The third-order valence-corrected chi connectivity index (χ3v) is 7.64. The number of hydrogen-bond donors (Lipinski definition) is 1. The summed E-state index contributed by atoms with van der Waals surface area (Å²) in [7, 11) is 1.85. The lowest BCUT2D eigenvalue weighted by Crippen LogP contribution is -2.32. The first-order valence-corrected chi connectivity index (χ1v) is 12.7. The van der Waals surface area contributed by atoms with Crippen molar-refractivity contribution < 1.29 is 9.48 Å². The number of amides is 1. The Morgan fingerprint density at radius 3 is 2.66 bits per heavy atom. The maximum Gasteiger partial charge on any atom is 0.274 e. The van der Waals surface area contributed by atoms with Crippen LogP contribution in [0.4, 0.5) is 5.69 Å². The summed E-state index contributed by atoms with van der Waals surface area (Å²) in [6, 6.07) is 10.6. The van der Waals surface area contributed by atoms with Crippen LogP contribution in [-0.2, 0) is 18.3 Å². The molecule has 0 bridgehead atoms. The molecule has 3 heterocycles. The van der Waals surface area contributed by atoms with Crippen LogP contribution in [0.1, 0.15) is 62.1 Å². The van der Waals surface area contributed by atoms with Gasteiger partial charge in [0.15, 0.2) is 13.2 Å². The number of aliphatic imine (C=N–C) groups is 1. The van der Waals surface area contributed by atoms with Crippen LogP contribution in [0.15, 0.2) is 60.1 Å². The molecule has 1 amide bonds. The number of anilines is 1. The zero-order chi connectivity index (χ0) is 24.4. The standard InChI is InChI=1S/C29H33N5O/c1-19-15-31-28(29(35)33-25-10-11-34(3)32-18-25)27-14-23(8-9-26(27)20(19)2)24-13-22(16-30-17-24)12-21-6-4-5-7-21/h8-11,13-14,16-21H,4-7,12,15H2,1-3H3/p+1. The SMILES string of the molecule is CC1CN=C(C(=O)Nc2cc[n+](C)nc2)c2cc(-c3cncc(CC4CCCC4)c3)ccc2C1C. The van der Waals surface area contributed by atoms with Crippen LogP contribution in [0.25, 0.3) is 11.1 Å². The lowest BCUT2D eigenvalue weighted by atomic mass is 9.84. The number of aromatic nitrogens is 3. The molecule has 5 rings (SSSR count). The average molecular weight is 469 g/mol. The van der Waals surface area contributed by atoms with Crippen molar-refractivity contribution in [3.63, 3.8) is 0 Å². The highest BCUT2D eigenvalue weighted by atomic mass is 16.1. The number of rotatable bonds is 5. The Morgan fingerprint density at radius 2 is 1.89 bits per heavy atom. The normalized spacial score (nSPS) is 20.1. The minimum atomic E-state index is -0.200. The van der Waals surface area contributed by atoms with Crippen LogP contribution in [-0.4, -0.2) is 28.2 Å². The maximum atomic E-state index is 13.4. The molecule has 1 saturated carbocycles. The minimum absolute atomic E-state index is 0.200. The number of aryl methyl sites for hydroxylation is 1. The molecular formula is C29H34N5O+. The summed E-state index contributed by atoms with van der Waals surface area (Å²) in [6.45, 7) is 5.04. The first-order chi connectivity index (χ1) is 17.0. The smallest absolute Gasteiger partial charge is 0.274 e. The van der Waals surface area contributed by atoms with E-state index in [-0.39, 0.29) is 5.91 Å². The molecule has 1 aliphatic carbocycles. The third-order valence-electron chi connectivity index (χ3n) is 7.64. The van der Waals surface area contributed by atoms with Gasteiger partial charge in [-0.3, -0.25) is 14.8 Å². The van der Waals surface area contributed by atoms with Crippen molar-refractivity contribution in [2.24, 2.45) is 23.9 Å². The highest BCUT2D eigenvalue weighted by Crippen LogP contribution is 2.34. The van der Waals surface area contributed by atoms with Gasteiger partial charge in [-0.1, -0.05) is 56.3 Å². The van der Waals surface area contributed by atoms with Gasteiger partial charge in [0.2, 0.25) is 0 Å². The topological polar surface area (TPSA) is 71.1 Å². The molecule has 6 heteroatoms. The van der Waals surface area contributed by atoms with Crippen LogP contribution in [0.5, 0.6) is 0 Å². The predicted octanol–water partition coefficient (Wildman–Crippen LogP) is 4.88. The second kappa shape index (κ2) is 10.1. The second-order valence-corrected chi connectivity index (χ2v) is 10.2. The summed E-state index contributed by atoms with van der Waals surface area (Å²) in [6.07, 6.45) is 13.8. The molecule has 35 heavy (non-hydrogen) atoms. The van der Waals surface area contributed by atoms with Gasteiger partial charge in [-0.05, 0) is 58.1 Å². The molecule has 3 aromatic rings. The molecule has 1 aliphatic heterocycles. The highest BCUT2D eigenvalue weighted by Gasteiger charge is 2.27. The highest BCUT2D eigenvalue weighted by molar-refractivity contribution is 6.49. The largest absolute Gasteiger partial charge is 0.319 e. The zero-order valence-electron chi connectivity index (χ0n) is 20.9. The molecule has 1 fully saturated rings.